The van der Waals surface area contributed by atoms with Crippen LogP contribution in [0.1, 0.15) is 27.2 Å². The van der Waals surface area contributed by atoms with E-state index in [1.807, 2.05) is 13.8 Å². The molecule has 3 heteroatoms. The van der Waals surface area contributed by atoms with Crippen LogP contribution in [0.4, 0.5) is 0 Å². The second kappa shape index (κ2) is 3.72. The van der Waals surface area contributed by atoms with E-state index in [1.54, 1.807) is 6.92 Å². The van der Waals surface area contributed by atoms with E-state index in [2.05, 4.69) is 4.74 Å². The fraction of sp³-hybridized carbons (Fsp3) is 0.875. The van der Waals surface area contributed by atoms with Gasteiger partial charge in [-0.15, -0.1) is 0 Å². The Hall–Kier alpha value is -0.570. The molecule has 0 aliphatic carbocycles. The lowest BCUT2D eigenvalue weighted by molar-refractivity contribution is -0.144. The maximum Gasteiger partial charge on any atom is 0.306 e. The molecule has 0 aliphatic heterocycles. The van der Waals surface area contributed by atoms with Gasteiger partial charge >= 0.3 is 5.97 Å². The van der Waals surface area contributed by atoms with Crippen molar-refractivity contribution >= 4 is 5.97 Å². The average Bonchev–Trinajstić information content (AvgIpc) is 1.86. The molecule has 0 aromatic rings. The third-order valence-electron chi connectivity index (χ3n) is 1.96. The highest BCUT2D eigenvalue weighted by molar-refractivity contribution is 5.70. The number of esters is 1. The van der Waals surface area contributed by atoms with Crippen molar-refractivity contribution in [3.63, 3.8) is 0 Å². The van der Waals surface area contributed by atoms with Crippen LogP contribution in [0, 0.1) is 5.41 Å². The molecule has 0 radical (unpaired) electrons. The first kappa shape index (κ1) is 10.4. The number of aliphatic hydroxyl groups is 1. The summed E-state index contributed by atoms with van der Waals surface area (Å²) in [5, 5.41) is 9.22. The normalized spacial score (nSPS) is 14.3. The minimum absolute atomic E-state index is 0.251. The van der Waals surface area contributed by atoms with E-state index in [4.69, 9.17) is 0 Å². The van der Waals surface area contributed by atoms with Gasteiger partial charge in [-0.2, -0.15) is 0 Å². The van der Waals surface area contributed by atoms with Crippen molar-refractivity contribution in [2.75, 3.05) is 7.11 Å². The lowest BCUT2D eigenvalue weighted by Gasteiger charge is -2.26. The van der Waals surface area contributed by atoms with Crippen molar-refractivity contribution in [2.45, 2.75) is 33.3 Å². The van der Waals surface area contributed by atoms with Crippen LogP contribution >= 0.6 is 0 Å². The van der Waals surface area contributed by atoms with Gasteiger partial charge in [-0.25, -0.2) is 0 Å². The summed E-state index contributed by atoms with van der Waals surface area (Å²) in [6.45, 7) is 5.33. The zero-order chi connectivity index (χ0) is 9.07. The van der Waals surface area contributed by atoms with Crippen LogP contribution in [0.3, 0.4) is 0 Å². The summed E-state index contributed by atoms with van der Waals surface area (Å²) in [6, 6.07) is 0. The predicted octanol–water partition coefficient (Wildman–Crippen LogP) is 0.956. The van der Waals surface area contributed by atoms with Gasteiger partial charge in [-0.1, -0.05) is 13.8 Å². The monoisotopic (exact) mass is 160 g/mol. The number of methoxy groups -OCH3 is 1. The summed E-state index contributed by atoms with van der Waals surface area (Å²) in [5.41, 5.74) is -0.396. The molecular weight excluding hydrogens is 144 g/mol. The first-order valence-electron chi connectivity index (χ1n) is 3.65. The number of hydrogen-bond acceptors (Lipinski definition) is 3. The summed E-state index contributed by atoms with van der Waals surface area (Å²) < 4.78 is 4.49. The maximum atomic E-state index is 10.8. The molecule has 1 atom stereocenters. The molecule has 11 heavy (non-hydrogen) atoms. The van der Waals surface area contributed by atoms with Crippen molar-refractivity contribution in [3.8, 4) is 0 Å². The molecule has 0 fully saturated rings. The van der Waals surface area contributed by atoms with Crippen LogP contribution in [0.5, 0.6) is 0 Å². The smallest absolute Gasteiger partial charge is 0.306 e. The minimum atomic E-state index is -0.499. The minimum Gasteiger partial charge on any atom is -0.469 e. The highest BCUT2D eigenvalue weighted by Gasteiger charge is 2.27. The molecule has 0 aromatic carbocycles. The van der Waals surface area contributed by atoms with Gasteiger partial charge < -0.3 is 9.84 Å². The Balaban J connectivity index is 4.01. The van der Waals surface area contributed by atoms with E-state index in [0.29, 0.717) is 0 Å². The fourth-order valence-electron chi connectivity index (χ4n) is 0.592. The van der Waals surface area contributed by atoms with Crippen LogP contribution in [-0.2, 0) is 9.53 Å². The molecule has 0 amide bonds. The topological polar surface area (TPSA) is 46.5 Å². The first-order valence-corrected chi connectivity index (χ1v) is 3.65. The van der Waals surface area contributed by atoms with E-state index in [9.17, 15) is 9.90 Å². The van der Waals surface area contributed by atoms with Gasteiger partial charge in [0.2, 0.25) is 0 Å². The van der Waals surface area contributed by atoms with Gasteiger partial charge in [0, 0.05) is 5.41 Å². The number of carbonyl (C=O) groups is 1. The van der Waals surface area contributed by atoms with Crippen LogP contribution in [0.2, 0.25) is 0 Å². The molecule has 0 rings (SSSR count). The Bertz CT molecular complexity index is 138. The summed E-state index contributed by atoms with van der Waals surface area (Å²) in [4.78, 5) is 10.8. The molecule has 1 unspecified atom stereocenters. The van der Waals surface area contributed by atoms with Crippen molar-refractivity contribution < 1.29 is 14.6 Å². The van der Waals surface area contributed by atoms with Crippen molar-refractivity contribution in [3.05, 3.63) is 0 Å². The number of ether oxygens (including phenoxy) is 1. The molecule has 3 nitrogen and oxygen atoms in total. The standard InChI is InChI=1S/C8H16O3/c1-6(9)8(2,3)5-7(10)11-4/h6,9H,5H2,1-4H3. The Morgan fingerprint density at radius 3 is 2.36 bits per heavy atom. The Morgan fingerprint density at radius 1 is 1.64 bits per heavy atom. The van der Waals surface area contributed by atoms with Crippen molar-refractivity contribution in [2.24, 2.45) is 5.41 Å². The number of aliphatic hydroxyl groups excluding tert-OH is 1. The summed E-state index contributed by atoms with van der Waals surface area (Å²) in [7, 11) is 1.35. The molecule has 1 N–H and O–H groups in total. The second-order valence-electron chi connectivity index (χ2n) is 3.42. The predicted molar refractivity (Wildman–Crippen MR) is 42.1 cm³/mol. The third kappa shape index (κ3) is 3.37. The molecular formula is C8H16O3. The largest absolute Gasteiger partial charge is 0.469 e. The average molecular weight is 160 g/mol. The SMILES string of the molecule is COC(=O)CC(C)(C)C(C)O. The molecule has 0 saturated carbocycles. The van der Waals surface area contributed by atoms with E-state index in [0.717, 1.165) is 0 Å². The van der Waals surface area contributed by atoms with Crippen molar-refractivity contribution in [1.82, 2.24) is 0 Å². The Labute approximate surface area is 67.4 Å². The van der Waals surface area contributed by atoms with Crippen LogP contribution < -0.4 is 0 Å². The van der Waals surface area contributed by atoms with E-state index >= 15 is 0 Å². The van der Waals surface area contributed by atoms with Gasteiger partial charge in [0.25, 0.3) is 0 Å². The fourth-order valence-corrected chi connectivity index (χ4v) is 0.592. The molecule has 0 bridgehead atoms. The Kier molecular flexibility index (Phi) is 3.52. The quantitative estimate of drug-likeness (QED) is 0.625. The van der Waals surface area contributed by atoms with E-state index in [-0.39, 0.29) is 12.4 Å². The molecule has 0 spiro atoms. The van der Waals surface area contributed by atoms with Crippen LogP contribution in [0.25, 0.3) is 0 Å². The van der Waals surface area contributed by atoms with E-state index < -0.39 is 11.5 Å². The lowest BCUT2D eigenvalue weighted by Crippen LogP contribution is -2.29. The highest BCUT2D eigenvalue weighted by Crippen LogP contribution is 2.25. The third-order valence-corrected chi connectivity index (χ3v) is 1.96. The van der Waals surface area contributed by atoms with Gasteiger partial charge in [-0.05, 0) is 6.92 Å². The molecule has 0 aliphatic rings. The van der Waals surface area contributed by atoms with Gasteiger partial charge in [0.15, 0.2) is 0 Å². The number of rotatable bonds is 3. The second-order valence-corrected chi connectivity index (χ2v) is 3.42. The van der Waals surface area contributed by atoms with Gasteiger partial charge in [0.05, 0.1) is 19.6 Å². The lowest BCUT2D eigenvalue weighted by atomic mass is 9.84. The summed E-state index contributed by atoms with van der Waals surface area (Å²) in [5.74, 6) is -0.282. The molecule has 0 aromatic heterocycles. The maximum absolute atomic E-state index is 10.8. The Morgan fingerprint density at radius 2 is 2.09 bits per heavy atom. The number of hydrogen-bond donors (Lipinski definition) is 1. The first-order chi connectivity index (χ1) is 4.90. The van der Waals surface area contributed by atoms with E-state index in [1.165, 1.54) is 7.11 Å². The van der Waals surface area contributed by atoms with Gasteiger partial charge in [-0.3, -0.25) is 4.79 Å². The highest BCUT2D eigenvalue weighted by atomic mass is 16.5. The van der Waals surface area contributed by atoms with Crippen molar-refractivity contribution in [1.29, 1.82) is 0 Å². The molecule has 0 saturated heterocycles. The number of carbonyl (C=O) groups excluding carboxylic acids is 1. The molecule has 0 heterocycles. The zero-order valence-electron chi connectivity index (χ0n) is 7.55. The molecule has 66 valence electrons. The summed E-state index contributed by atoms with van der Waals surface area (Å²) in [6.07, 6.45) is -0.247. The summed E-state index contributed by atoms with van der Waals surface area (Å²) >= 11 is 0. The van der Waals surface area contributed by atoms with Gasteiger partial charge in [0.1, 0.15) is 0 Å². The van der Waals surface area contributed by atoms with Crippen LogP contribution in [-0.4, -0.2) is 24.3 Å². The zero-order valence-corrected chi connectivity index (χ0v) is 7.55. The van der Waals surface area contributed by atoms with Crippen LogP contribution in [0.15, 0.2) is 0 Å².